The van der Waals surface area contributed by atoms with E-state index in [1.54, 1.807) is 11.3 Å². The van der Waals surface area contributed by atoms with Crippen LogP contribution >= 0.6 is 11.3 Å². The molecule has 1 aromatic carbocycles. The molecule has 2 N–H and O–H groups in total. The second-order valence-electron chi connectivity index (χ2n) is 7.98. The molecule has 23 heavy (non-hydrogen) atoms. The molecule has 3 aliphatic rings. The molecule has 4 heteroatoms. The smallest absolute Gasteiger partial charge is 0.180 e. The van der Waals surface area contributed by atoms with Crippen LogP contribution in [0.25, 0.3) is 0 Å². The summed E-state index contributed by atoms with van der Waals surface area (Å²) < 4.78 is 0. The van der Waals surface area contributed by atoms with Crippen LogP contribution in [0.1, 0.15) is 73.3 Å². The van der Waals surface area contributed by atoms with Gasteiger partial charge < -0.3 is 5.73 Å². The summed E-state index contributed by atoms with van der Waals surface area (Å²) in [5.41, 5.74) is 10.3. The summed E-state index contributed by atoms with van der Waals surface area (Å²) in [5, 5.41) is 0.726. The fourth-order valence-electron chi connectivity index (χ4n) is 4.29. The third-order valence-corrected chi connectivity index (χ3v) is 6.53. The third-order valence-electron chi connectivity index (χ3n) is 5.53. The van der Waals surface area contributed by atoms with E-state index in [0.29, 0.717) is 18.0 Å². The van der Waals surface area contributed by atoms with Gasteiger partial charge in [-0.05, 0) is 36.4 Å². The number of rotatable bonds is 1. The molecule has 0 radical (unpaired) electrons. The van der Waals surface area contributed by atoms with E-state index in [9.17, 15) is 0 Å². The monoisotopic (exact) mass is 327 g/mol. The number of hydrogen-bond donors (Lipinski definition) is 1. The van der Waals surface area contributed by atoms with E-state index in [0.717, 1.165) is 5.13 Å². The summed E-state index contributed by atoms with van der Waals surface area (Å²) in [7, 11) is 2.26. The molecule has 1 aliphatic carbocycles. The first-order chi connectivity index (χ1) is 10.9. The Morgan fingerprint density at radius 3 is 2.52 bits per heavy atom. The molecule has 3 heterocycles. The Kier molecular flexibility index (Phi) is 3.33. The number of thiazole rings is 1. The average molecular weight is 327 g/mol. The van der Waals surface area contributed by atoms with E-state index in [1.807, 2.05) is 0 Å². The highest BCUT2D eigenvalue weighted by Crippen LogP contribution is 2.56. The van der Waals surface area contributed by atoms with Gasteiger partial charge in [0.05, 0.1) is 5.69 Å². The maximum atomic E-state index is 6.00. The van der Waals surface area contributed by atoms with Gasteiger partial charge in [0.25, 0.3) is 0 Å². The normalized spacial score (nSPS) is 27.2. The van der Waals surface area contributed by atoms with Crippen LogP contribution in [0.15, 0.2) is 24.3 Å². The molecule has 2 bridgehead atoms. The summed E-state index contributed by atoms with van der Waals surface area (Å²) in [6.07, 6.45) is 2.45. The fourth-order valence-corrected chi connectivity index (χ4v) is 5.38. The van der Waals surface area contributed by atoms with Crippen molar-refractivity contribution >= 4 is 16.5 Å². The van der Waals surface area contributed by atoms with E-state index < -0.39 is 0 Å². The molecular weight excluding hydrogens is 302 g/mol. The molecule has 1 saturated heterocycles. The van der Waals surface area contributed by atoms with Crippen molar-refractivity contribution < 1.29 is 0 Å². The van der Waals surface area contributed by atoms with Crippen LogP contribution in [-0.2, 0) is 5.41 Å². The summed E-state index contributed by atoms with van der Waals surface area (Å²) in [4.78, 5) is 8.62. The zero-order chi connectivity index (χ0) is 16.4. The lowest BCUT2D eigenvalue weighted by Gasteiger charge is -2.49. The molecule has 1 fully saturated rings. The number of hydrogen-bond acceptors (Lipinski definition) is 4. The van der Waals surface area contributed by atoms with Crippen molar-refractivity contribution in [2.45, 2.75) is 57.0 Å². The van der Waals surface area contributed by atoms with Crippen molar-refractivity contribution in [1.29, 1.82) is 0 Å². The average Bonchev–Trinajstić information content (AvgIpc) is 2.89. The Morgan fingerprint density at radius 2 is 1.87 bits per heavy atom. The lowest BCUT2D eigenvalue weighted by atomic mass is 9.74. The van der Waals surface area contributed by atoms with E-state index in [2.05, 4.69) is 62.0 Å². The quantitative estimate of drug-likeness (QED) is 0.830. The topological polar surface area (TPSA) is 42.2 Å². The highest BCUT2D eigenvalue weighted by molar-refractivity contribution is 7.15. The number of nitrogens with zero attached hydrogens (tertiary/aromatic N) is 2. The van der Waals surface area contributed by atoms with Crippen LogP contribution in [0.2, 0.25) is 0 Å². The molecule has 5 rings (SSSR count). The fraction of sp³-hybridized carbons (Fsp3) is 0.526. The van der Waals surface area contributed by atoms with Gasteiger partial charge >= 0.3 is 0 Å². The second-order valence-corrected chi connectivity index (χ2v) is 9.05. The van der Waals surface area contributed by atoms with Crippen LogP contribution in [0, 0.1) is 0 Å². The maximum Gasteiger partial charge on any atom is 0.180 e. The van der Waals surface area contributed by atoms with Crippen LogP contribution < -0.4 is 5.73 Å². The molecule has 2 aromatic rings. The Bertz CT molecular complexity index is 726. The predicted molar refractivity (Wildman–Crippen MR) is 96.9 cm³/mol. The van der Waals surface area contributed by atoms with Crippen molar-refractivity contribution in [3.8, 4) is 0 Å². The molecule has 1 aromatic heterocycles. The van der Waals surface area contributed by atoms with Crippen LogP contribution in [0.5, 0.6) is 0 Å². The van der Waals surface area contributed by atoms with Crippen molar-refractivity contribution in [1.82, 2.24) is 9.88 Å². The summed E-state index contributed by atoms with van der Waals surface area (Å²) in [6.45, 7) is 6.79. The van der Waals surface area contributed by atoms with Gasteiger partial charge in [-0.2, -0.15) is 0 Å². The Labute approximate surface area is 142 Å². The van der Waals surface area contributed by atoms with Gasteiger partial charge in [-0.3, -0.25) is 4.90 Å². The van der Waals surface area contributed by atoms with E-state index in [1.165, 1.54) is 34.5 Å². The minimum absolute atomic E-state index is 0.201. The molecule has 3 atom stereocenters. The second kappa shape index (κ2) is 5.05. The number of piperidine rings is 1. The molecule has 122 valence electrons. The lowest BCUT2D eigenvalue weighted by molar-refractivity contribution is 0.0747. The van der Waals surface area contributed by atoms with Crippen LogP contribution in [-0.4, -0.2) is 16.9 Å². The lowest BCUT2D eigenvalue weighted by Crippen LogP contribution is -2.42. The molecule has 3 nitrogen and oxygen atoms in total. The maximum absolute atomic E-state index is 6.00. The number of nitrogen functional groups attached to an aromatic ring is 1. The molecule has 0 amide bonds. The SMILES string of the molecule is CN1C2CCC(c3nc(N)sc32)C1c1ccc(C(C)(C)C)cc1. The number of nitrogens with two attached hydrogens (primary N) is 1. The van der Waals surface area contributed by atoms with Gasteiger partial charge in [0.15, 0.2) is 5.13 Å². The van der Waals surface area contributed by atoms with Crippen molar-refractivity contribution in [2.75, 3.05) is 12.8 Å². The van der Waals surface area contributed by atoms with Crippen molar-refractivity contribution in [3.05, 3.63) is 46.0 Å². The Hall–Kier alpha value is -1.39. The van der Waals surface area contributed by atoms with Gasteiger partial charge in [0.2, 0.25) is 0 Å². The molecular formula is C19H25N3S. The van der Waals surface area contributed by atoms with E-state index in [-0.39, 0.29) is 5.41 Å². The molecule has 2 aliphatic heterocycles. The van der Waals surface area contributed by atoms with Crippen LogP contribution in [0.4, 0.5) is 5.13 Å². The van der Waals surface area contributed by atoms with Gasteiger partial charge in [0, 0.05) is 22.9 Å². The Balaban J connectivity index is 1.73. The molecule has 0 spiro atoms. The Morgan fingerprint density at radius 1 is 1.17 bits per heavy atom. The van der Waals surface area contributed by atoms with E-state index >= 15 is 0 Å². The largest absolute Gasteiger partial charge is 0.375 e. The first kappa shape index (κ1) is 15.2. The van der Waals surface area contributed by atoms with Crippen molar-refractivity contribution in [2.24, 2.45) is 0 Å². The number of fused-ring (bicyclic) bond motifs is 2. The number of benzene rings is 1. The van der Waals surface area contributed by atoms with Crippen molar-refractivity contribution in [3.63, 3.8) is 0 Å². The number of likely N-dealkylation sites (N-methyl/N-ethyl adjacent to an activating group) is 1. The van der Waals surface area contributed by atoms with Crippen LogP contribution in [0.3, 0.4) is 0 Å². The zero-order valence-electron chi connectivity index (χ0n) is 14.3. The van der Waals surface area contributed by atoms with E-state index in [4.69, 9.17) is 5.73 Å². The predicted octanol–water partition coefficient (Wildman–Crippen LogP) is 4.63. The number of aromatic nitrogens is 1. The van der Waals surface area contributed by atoms with Gasteiger partial charge in [-0.15, -0.1) is 11.3 Å². The van der Waals surface area contributed by atoms with Gasteiger partial charge in [-0.25, -0.2) is 4.98 Å². The number of anilines is 1. The molecule has 0 saturated carbocycles. The molecule has 3 unspecified atom stereocenters. The standard InChI is InChI=1S/C19H25N3S/c1-19(2,3)12-7-5-11(6-8-12)16-13-9-10-14(22(16)4)17-15(13)21-18(20)23-17/h5-8,13-14,16H,9-10H2,1-4H3,(H2,20,21). The summed E-state index contributed by atoms with van der Waals surface area (Å²) in [6, 6.07) is 10.1. The zero-order valence-corrected chi connectivity index (χ0v) is 15.2. The van der Waals surface area contributed by atoms with Gasteiger partial charge in [-0.1, -0.05) is 45.0 Å². The summed E-state index contributed by atoms with van der Waals surface area (Å²) >= 11 is 1.69. The summed E-state index contributed by atoms with van der Waals surface area (Å²) in [5.74, 6) is 0.481. The highest BCUT2D eigenvalue weighted by Gasteiger charge is 2.46. The first-order valence-electron chi connectivity index (χ1n) is 8.44. The highest BCUT2D eigenvalue weighted by atomic mass is 32.1. The van der Waals surface area contributed by atoms with Gasteiger partial charge in [0.1, 0.15) is 0 Å². The minimum atomic E-state index is 0.201. The first-order valence-corrected chi connectivity index (χ1v) is 9.26. The minimum Gasteiger partial charge on any atom is -0.375 e. The third kappa shape index (κ3) is 2.31.